The molecule has 1 nitrogen and oxygen atoms in total. The molecular weight excluding hydrogens is 292 g/mol. The standard InChI is InChI=1S/C23H40O/c1-5-7-8-17-11-14-23(4)18(15-17)9-10-19-20(6-2)22(3,16-24)13-12-21(19)23/h16-21H,5-15H2,1-4H3. The molecule has 0 aromatic carbocycles. The first-order chi connectivity index (χ1) is 11.5. The van der Waals surface area contributed by atoms with Gasteiger partial charge in [-0.3, -0.25) is 0 Å². The van der Waals surface area contributed by atoms with Crippen LogP contribution in [-0.4, -0.2) is 6.29 Å². The lowest BCUT2D eigenvalue weighted by molar-refractivity contribution is -0.140. The van der Waals surface area contributed by atoms with Gasteiger partial charge in [0.05, 0.1) is 0 Å². The molecule has 7 atom stereocenters. The van der Waals surface area contributed by atoms with Crippen molar-refractivity contribution in [1.29, 1.82) is 0 Å². The summed E-state index contributed by atoms with van der Waals surface area (Å²) in [6.07, 6.45) is 16.5. The molecule has 0 heterocycles. The molecular formula is C23H40O. The lowest BCUT2D eigenvalue weighted by atomic mass is 9.44. The second kappa shape index (κ2) is 7.12. The van der Waals surface area contributed by atoms with Crippen molar-refractivity contribution in [3.63, 3.8) is 0 Å². The molecule has 0 amide bonds. The Balaban J connectivity index is 1.76. The van der Waals surface area contributed by atoms with Gasteiger partial charge in [-0.25, -0.2) is 0 Å². The summed E-state index contributed by atoms with van der Waals surface area (Å²) in [7, 11) is 0. The largest absolute Gasteiger partial charge is 0.303 e. The number of rotatable bonds is 5. The molecule has 3 saturated carbocycles. The van der Waals surface area contributed by atoms with Crippen molar-refractivity contribution in [3.8, 4) is 0 Å². The molecule has 0 bridgehead atoms. The third-order valence-corrected chi connectivity index (χ3v) is 8.89. The Labute approximate surface area is 150 Å². The third kappa shape index (κ3) is 2.99. The van der Waals surface area contributed by atoms with Crippen molar-refractivity contribution in [2.24, 2.45) is 40.4 Å². The highest BCUT2D eigenvalue weighted by Gasteiger charge is 2.56. The maximum Gasteiger partial charge on any atom is 0.126 e. The predicted molar refractivity (Wildman–Crippen MR) is 102 cm³/mol. The fourth-order valence-corrected chi connectivity index (χ4v) is 7.37. The van der Waals surface area contributed by atoms with E-state index in [1.54, 1.807) is 0 Å². The van der Waals surface area contributed by atoms with Crippen LogP contribution in [0.4, 0.5) is 0 Å². The molecule has 0 saturated heterocycles. The molecule has 1 heteroatoms. The summed E-state index contributed by atoms with van der Waals surface area (Å²) in [6, 6.07) is 0. The van der Waals surface area contributed by atoms with Crippen molar-refractivity contribution in [2.75, 3.05) is 0 Å². The first kappa shape index (κ1) is 18.5. The zero-order valence-electron chi connectivity index (χ0n) is 16.7. The van der Waals surface area contributed by atoms with Crippen molar-refractivity contribution >= 4 is 6.29 Å². The van der Waals surface area contributed by atoms with Gasteiger partial charge in [-0.15, -0.1) is 0 Å². The van der Waals surface area contributed by atoms with Crippen LogP contribution in [0.15, 0.2) is 0 Å². The smallest absolute Gasteiger partial charge is 0.126 e. The number of carbonyl (C=O) groups is 1. The Hall–Kier alpha value is -0.330. The molecule has 0 N–H and O–H groups in total. The summed E-state index contributed by atoms with van der Waals surface area (Å²) in [4.78, 5) is 11.8. The molecule has 7 unspecified atom stereocenters. The number of unbranched alkanes of at least 4 members (excludes halogenated alkanes) is 1. The second-order valence-electron chi connectivity index (χ2n) is 10.0. The molecule has 3 aliphatic rings. The molecule has 0 aromatic rings. The van der Waals surface area contributed by atoms with Crippen molar-refractivity contribution in [3.05, 3.63) is 0 Å². The number of hydrogen-bond acceptors (Lipinski definition) is 1. The lowest BCUT2D eigenvalue weighted by Gasteiger charge is -2.61. The number of hydrogen-bond donors (Lipinski definition) is 0. The number of carbonyl (C=O) groups excluding carboxylic acids is 1. The Kier molecular flexibility index (Phi) is 5.48. The monoisotopic (exact) mass is 332 g/mol. The van der Waals surface area contributed by atoms with Gasteiger partial charge in [0.25, 0.3) is 0 Å². The molecule has 0 aliphatic heterocycles. The van der Waals surface area contributed by atoms with Gasteiger partial charge in [0, 0.05) is 5.41 Å². The van der Waals surface area contributed by atoms with E-state index in [9.17, 15) is 4.79 Å². The first-order valence-electron chi connectivity index (χ1n) is 10.9. The molecule has 138 valence electrons. The van der Waals surface area contributed by atoms with Crippen LogP contribution < -0.4 is 0 Å². The minimum atomic E-state index is -0.0442. The number of aldehydes is 1. The van der Waals surface area contributed by atoms with Gasteiger partial charge in [-0.2, -0.15) is 0 Å². The van der Waals surface area contributed by atoms with Crippen LogP contribution in [0.5, 0.6) is 0 Å². The Bertz CT molecular complexity index is 443. The van der Waals surface area contributed by atoms with E-state index in [1.807, 2.05) is 0 Å². The topological polar surface area (TPSA) is 17.1 Å². The molecule has 24 heavy (non-hydrogen) atoms. The Morgan fingerprint density at radius 1 is 1.04 bits per heavy atom. The summed E-state index contributed by atoms with van der Waals surface area (Å²) in [5, 5.41) is 0. The van der Waals surface area contributed by atoms with Gasteiger partial charge in [-0.1, -0.05) is 53.4 Å². The second-order valence-corrected chi connectivity index (χ2v) is 10.0. The highest BCUT2D eigenvalue weighted by atomic mass is 16.1. The van der Waals surface area contributed by atoms with Crippen LogP contribution in [0, 0.1) is 40.4 Å². The average Bonchev–Trinajstić information content (AvgIpc) is 2.59. The zero-order chi connectivity index (χ0) is 17.4. The van der Waals surface area contributed by atoms with Gasteiger partial charge in [0.15, 0.2) is 0 Å². The maximum absolute atomic E-state index is 11.8. The fourth-order valence-electron chi connectivity index (χ4n) is 7.37. The highest BCUT2D eigenvalue weighted by molar-refractivity contribution is 5.59. The van der Waals surface area contributed by atoms with E-state index in [2.05, 4.69) is 27.7 Å². The van der Waals surface area contributed by atoms with Crippen LogP contribution in [-0.2, 0) is 4.79 Å². The van der Waals surface area contributed by atoms with E-state index in [0.29, 0.717) is 11.3 Å². The van der Waals surface area contributed by atoms with Gasteiger partial charge in [0.1, 0.15) is 6.29 Å². The quantitative estimate of drug-likeness (QED) is 0.515. The van der Waals surface area contributed by atoms with Crippen molar-refractivity contribution in [1.82, 2.24) is 0 Å². The fraction of sp³-hybridized carbons (Fsp3) is 0.957. The lowest BCUT2D eigenvalue weighted by Crippen LogP contribution is -2.54. The van der Waals surface area contributed by atoms with E-state index >= 15 is 0 Å². The summed E-state index contributed by atoms with van der Waals surface area (Å²) in [5.41, 5.74) is 0.528. The Morgan fingerprint density at radius 2 is 1.83 bits per heavy atom. The van der Waals surface area contributed by atoms with E-state index < -0.39 is 0 Å². The minimum Gasteiger partial charge on any atom is -0.303 e. The molecule has 0 spiro atoms. The van der Waals surface area contributed by atoms with Gasteiger partial charge >= 0.3 is 0 Å². The molecule has 3 fully saturated rings. The van der Waals surface area contributed by atoms with Crippen LogP contribution >= 0.6 is 0 Å². The average molecular weight is 333 g/mol. The van der Waals surface area contributed by atoms with Gasteiger partial charge in [-0.05, 0) is 80.0 Å². The van der Waals surface area contributed by atoms with E-state index in [-0.39, 0.29) is 5.41 Å². The van der Waals surface area contributed by atoms with Crippen LogP contribution in [0.2, 0.25) is 0 Å². The van der Waals surface area contributed by atoms with Gasteiger partial charge in [0.2, 0.25) is 0 Å². The molecule has 3 rings (SSSR count). The van der Waals surface area contributed by atoms with E-state index in [1.165, 1.54) is 70.5 Å². The number of fused-ring (bicyclic) bond motifs is 3. The maximum atomic E-state index is 11.8. The van der Waals surface area contributed by atoms with Crippen LogP contribution in [0.1, 0.15) is 98.3 Å². The van der Waals surface area contributed by atoms with Crippen molar-refractivity contribution < 1.29 is 4.79 Å². The first-order valence-corrected chi connectivity index (χ1v) is 10.9. The van der Waals surface area contributed by atoms with Gasteiger partial charge < -0.3 is 4.79 Å². The SMILES string of the molecule is CCCCC1CCC2(C)C(CCC3C(CC)C(C)(C=O)CCC32)C1. The summed E-state index contributed by atoms with van der Waals surface area (Å²) in [5.74, 6) is 4.30. The normalized spacial score (nSPS) is 48.4. The zero-order valence-corrected chi connectivity index (χ0v) is 16.7. The molecule has 3 aliphatic carbocycles. The predicted octanol–water partition coefficient (Wildman–Crippen LogP) is 6.65. The van der Waals surface area contributed by atoms with E-state index in [4.69, 9.17) is 0 Å². The summed E-state index contributed by atoms with van der Waals surface area (Å²) < 4.78 is 0. The Morgan fingerprint density at radius 3 is 2.50 bits per heavy atom. The van der Waals surface area contributed by atoms with Crippen molar-refractivity contribution in [2.45, 2.75) is 98.3 Å². The van der Waals surface area contributed by atoms with E-state index in [0.717, 1.165) is 30.1 Å². The van der Waals surface area contributed by atoms with Crippen LogP contribution in [0.25, 0.3) is 0 Å². The molecule has 0 aromatic heterocycles. The summed E-state index contributed by atoms with van der Waals surface area (Å²) >= 11 is 0. The van der Waals surface area contributed by atoms with Crippen LogP contribution in [0.3, 0.4) is 0 Å². The minimum absolute atomic E-state index is 0.0442. The summed E-state index contributed by atoms with van der Waals surface area (Å²) in [6.45, 7) is 9.54. The molecule has 0 radical (unpaired) electrons. The third-order valence-electron chi connectivity index (χ3n) is 8.89. The highest BCUT2D eigenvalue weighted by Crippen LogP contribution is 2.63.